The fourth-order valence-corrected chi connectivity index (χ4v) is 5.42. The molecule has 0 aliphatic carbocycles. The highest BCUT2D eigenvalue weighted by Crippen LogP contribution is 2.39. The molecule has 0 bridgehead atoms. The van der Waals surface area contributed by atoms with E-state index in [4.69, 9.17) is 24.4 Å². The summed E-state index contributed by atoms with van der Waals surface area (Å²) in [5.74, 6) is -0.00679. The molecular weight excluding hydrogens is 534 g/mol. The maximum Gasteiger partial charge on any atom is 0.328 e. The third kappa shape index (κ3) is 9.66. The molecule has 1 unspecified atom stereocenters. The van der Waals surface area contributed by atoms with Crippen molar-refractivity contribution >= 4 is 11.9 Å². The van der Waals surface area contributed by atoms with E-state index in [2.05, 4.69) is 77.7 Å². The van der Waals surface area contributed by atoms with Crippen LogP contribution in [-0.4, -0.2) is 67.5 Å². The molecular formula is C34H41NO7. The Morgan fingerprint density at radius 3 is 1.81 bits per heavy atom. The smallest absolute Gasteiger partial charge is 0.328 e. The van der Waals surface area contributed by atoms with Gasteiger partial charge in [0.1, 0.15) is 0 Å². The highest BCUT2D eigenvalue weighted by Gasteiger charge is 2.27. The lowest BCUT2D eigenvalue weighted by Gasteiger charge is -2.38. The molecule has 1 aliphatic rings. The number of rotatable bonds is 12. The minimum Gasteiger partial charge on any atom is -0.493 e. The molecule has 1 heterocycles. The van der Waals surface area contributed by atoms with Crippen LogP contribution in [0.4, 0.5) is 0 Å². The van der Waals surface area contributed by atoms with E-state index in [1.807, 2.05) is 0 Å². The molecule has 0 aromatic heterocycles. The Hall–Kier alpha value is -4.30. The van der Waals surface area contributed by atoms with Gasteiger partial charge in [0, 0.05) is 30.7 Å². The Balaban J connectivity index is 0.000000531. The quantitative estimate of drug-likeness (QED) is 0.252. The van der Waals surface area contributed by atoms with Crippen LogP contribution < -0.4 is 14.2 Å². The van der Waals surface area contributed by atoms with Gasteiger partial charge in [-0.3, -0.25) is 0 Å². The standard InChI is InChI=1S/C30H37NO3.C4H4O4/c1-32-28-20-23(21-29(33-2)30(28)34-3)17-19-31-18-11-10-16-26(31)22-27(24-12-6-4-7-13-24)25-14-8-5-9-15-25;5-3(6)1-2-4(7)8/h4-9,12-15,20-21,26-27H,10-11,16-19,22H2,1-3H3;1-2H,(H,5,6)(H,7,8)/b;2-1+. The summed E-state index contributed by atoms with van der Waals surface area (Å²) in [5.41, 5.74) is 4.02. The summed E-state index contributed by atoms with van der Waals surface area (Å²) in [6, 6.07) is 26.7. The first kappa shape index (κ1) is 32.2. The van der Waals surface area contributed by atoms with E-state index in [0.29, 0.717) is 29.9 Å². The van der Waals surface area contributed by atoms with Gasteiger partial charge in [-0.05, 0) is 61.1 Å². The number of carboxylic acid groups (broad SMARTS) is 2. The summed E-state index contributed by atoms with van der Waals surface area (Å²) in [5, 5.41) is 15.6. The fraction of sp³-hybridized carbons (Fsp3) is 0.353. The van der Waals surface area contributed by atoms with Gasteiger partial charge in [-0.2, -0.15) is 0 Å². The van der Waals surface area contributed by atoms with E-state index in [-0.39, 0.29) is 0 Å². The summed E-state index contributed by atoms with van der Waals surface area (Å²) in [6.07, 6.45) is 7.04. The van der Waals surface area contributed by atoms with E-state index in [1.54, 1.807) is 21.3 Å². The van der Waals surface area contributed by atoms with Gasteiger partial charge in [0.25, 0.3) is 0 Å². The van der Waals surface area contributed by atoms with Crippen molar-refractivity contribution in [1.29, 1.82) is 0 Å². The number of carboxylic acids is 2. The Kier molecular flexibility index (Phi) is 12.9. The highest BCUT2D eigenvalue weighted by atomic mass is 16.5. The number of methoxy groups -OCH3 is 3. The van der Waals surface area contributed by atoms with Gasteiger partial charge in [-0.1, -0.05) is 67.1 Å². The third-order valence-electron chi connectivity index (χ3n) is 7.44. The fourth-order valence-electron chi connectivity index (χ4n) is 5.42. The van der Waals surface area contributed by atoms with Crippen molar-refractivity contribution in [2.75, 3.05) is 34.4 Å². The van der Waals surface area contributed by atoms with Crippen LogP contribution in [0.5, 0.6) is 17.2 Å². The minimum absolute atomic E-state index is 0.411. The van der Waals surface area contributed by atoms with Crippen molar-refractivity contribution < 1.29 is 34.0 Å². The first-order valence-electron chi connectivity index (χ1n) is 14.1. The second kappa shape index (κ2) is 16.8. The Morgan fingerprint density at radius 2 is 1.36 bits per heavy atom. The number of ether oxygens (including phenoxy) is 3. The molecule has 2 N–H and O–H groups in total. The lowest BCUT2D eigenvalue weighted by molar-refractivity contribution is -0.134. The number of aliphatic carboxylic acids is 2. The number of likely N-dealkylation sites (tertiary alicyclic amines) is 1. The van der Waals surface area contributed by atoms with Gasteiger partial charge >= 0.3 is 11.9 Å². The van der Waals surface area contributed by atoms with Crippen LogP contribution in [-0.2, 0) is 16.0 Å². The van der Waals surface area contributed by atoms with Crippen molar-refractivity contribution in [2.45, 2.75) is 44.1 Å². The topological polar surface area (TPSA) is 106 Å². The van der Waals surface area contributed by atoms with E-state index in [1.165, 1.54) is 36.0 Å². The molecule has 3 aromatic rings. The van der Waals surface area contributed by atoms with E-state index in [0.717, 1.165) is 37.4 Å². The van der Waals surface area contributed by atoms with Gasteiger partial charge in [0.05, 0.1) is 21.3 Å². The number of hydrogen-bond acceptors (Lipinski definition) is 6. The SMILES string of the molecule is COc1cc(CCN2CCCCC2CC(c2ccccc2)c2ccccc2)cc(OC)c1OC.O=C(O)/C=C/C(=O)O. The first-order valence-corrected chi connectivity index (χ1v) is 14.1. The van der Waals surface area contributed by atoms with Crippen LogP contribution in [0.15, 0.2) is 84.9 Å². The molecule has 0 spiro atoms. The van der Waals surface area contributed by atoms with Crippen LogP contribution in [0.1, 0.15) is 48.3 Å². The lowest BCUT2D eigenvalue weighted by atomic mass is 9.83. The van der Waals surface area contributed by atoms with Crippen LogP contribution in [0.2, 0.25) is 0 Å². The summed E-state index contributed by atoms with van der Waals surface area (Å²) in [4.78, 5) is 21.8. The van der Waals surface area contributed by atoms with Gasteiger partial charge in [-0.15, -0.1) is 0 Å². The predicted molar refractivity (Wildman–Crippen MR) is 163 cm³/mol. The third-order valence-corrected chi connectivity index (χ3v) is 7.44. The van der Waals surface area contributed by atoms with Crippen molar-refractivity contribution in [3.05, 3.63) is 102 Å². The van der Waals surface area contributed by atoms with Crippen LogP contribution >= 0.6 is 0 Å². The van der Waals surface area contributed by atoms with Gasteiger partial charge in [0.2, 0.25) is 5.75 Å². The monoisotopic (exact) mass is 575 g/mol. The number of carbonyl (C=O) groups is 2. The second-order valence-electron chi connectivity index (χ2n) is 10.1. The number of nitrogens with zero attached hydrogens (tertiary/aromatic N) is 1. The molecule has 8 heteroatoms. The second-order valence-corrected chi connectivity index (χ2v) is 10.1. The van der Waals surface area contributed by atoms with E-state index < -0.39 is 11.9 Å². The minimum atomic E-state index is -1.26. The van der Waals surface area contributed by atoms with Gasteiger partial charge < -0.3 is 29.3 Å². The molecule has 0 amide bonds. The van der Waals surface area contributed by atoms with Crippen LogP contribution in [0, 0.1) is 0 Å². The highest BCUT2D eigenvalue weighted by molar-refractivity contribution is 5.89. The number of hydrogen-bond donors (Lipinski definition) is 2. The average molecular weight is 576 g/mol. The van der Waals surface area contributed by atoms with Crippen molar-refractivity contribution in [3.8, 4) is 17.2 Å². The zero-order chi connectivity index (χ0) is 30.3. The molecule has 1 atom stereocenters. The number of piperidine rings is 1. The largest absolute Gasteiger partial charge is 0.493 e. The molecule has 3 aromatic carbocycles. The zero-order valence-electron chi connectivity index (χ0n) is 24.6. The molecule has 8 nitrogen and oxygen atoms in total. The molecule has 1 fully saturated rings. The summed E-state index contributed by atoms with van der Waals surface area (Å²) < 4.78 is 16.6. The molecule has 1 saturated heterocycles. The van der Waals surface area contributed by atoms with Gasteiger partial charge in [-0.25, -0.2) is 9.59 Å². The van der Waals surface area contributed by atoms with E-state index in [9.17, 15) is 9.59 Å². The van der Waals surface area contributed by atoms with Crippen molar-refractivity contribution in [3.63, 3.8) is 0 Å². The molecule has 42 heavy (non-hydrogen) atoms. The Bertz CT molecular complexity index is 1210. The van der Waals surface area contributed by atoms with Crippen molar-refractivity contribution in [1.82, 2.24) is 4.90 Å². The number of benzene rings is 3. The molecule has 0 radical (unpaired) electrons. The molecule has 0 saturated carbocycles. The average Bonchev–Trinajstić information content (AvgIpc) is 3.02. The Labute approximate surface area is 248 Å². The molecule has 224 valence electrons. The lowest BCUT2D eigenvalue weighted by Crippen LogP contribution is -2.41. The molecule has 4 rings (SSSR count). The zero-order valence-corrected chi connectivity index (χ0v) is 24.6. The van der Waals surface area contributed by atoms with E-state index >= 15 is 0 Å². The normalized spacial score (nSPS) is 15.1. The van der Waals surface area contributed by atoms with Crippen LogP contribution in [0.3, 0.4) is 0 Å². The first-order chi connectivity index (χ1) is 20.4. The maximum absolute atomic E-state index is 9.55. The summed E-state index contributed by atoms with van der Waals surface area (Å²) >= 11 is 0. The summed E-state index contributed by atoms with van der Waals surface area (Å²) in [6.45, 7) is 2.19. The van der Waals surface area contributed by atoms with Crippen LogP contribution in [0.25, 0.3) is 0 Å². The van der Waals surface area contributed by atoms with Crippen molar-refractivity contribution in [2.24, 2.45) is 0 Å². The Morgan fingerprint density at radius 1 is 0.833 bits per heavy atom. The summed E-state index contributed by atoms with van der Waals surface area (Å²) in [7, 11) is 5.00. The maximum atomic E-state index is 9.55. The van der Waals surface area contributed by atoms with Gasteiger partial charge in [0.15, 0.2) is 11.5 Å². The predicted octanol–water partition coefficient (Wildman–Crippen LogP) is 6.04. The molecule has 1 aliphatic heterocycles.